The maximum Gasteiger partial charge on any atom is 0.407 e. The van der Waals surface area contributed by atoms with Crippen LogP contribution in [0, 0.1) is 34.5 Å². The minimum absolute atomic E-state index is 0.0116. The Balaban J connectivity index is 1.91. The van der Waals surface area contributed by atoms with E-state index in [0.717, 1.165) is 50.7 Å². The minimum Gasteiger partial charge on any atom is -0.444 e. The van der Waals surface area contributed by atoms with Gasteiger partial charge in [0.1, 0.15) is 5.60 Å². The number of hydrogen-bond acceptors (Lipinski definition) is 6. The number of ether oxygens (including phenoxy) is 1. The summed E-state index contributed by atoms with van der Waals surface area (Å²) in [7, 11) is -1.94. The number of alkyl carbamates (subject to hydrolysis) is 1. The van der Waals surface area contributed by atoms with E-state index < -0.39 is 13.9 Å². The lowest BCUT2D eigenvalue weighted by Crippen LogP contribution is -2.55. The molecule has 0 aromatic rings. The summed E-state index contributed by atoms with van der Waals surface area (Å²) in [6.45, 7) is 23.0. The van der Waals surface area contributed by atoms with E-state index in [4.69, 9.17) is 9.16 Å². The molecule has 0 aromatic heterocycles. The van der Waals surface area contributed by atoms with Crippen LogP contribution in [0.5, 0.6) is 0 Å². The molecule has 3 fully saturated rings. The summed E-state index contributed by atoms with van der Waals surface area (Å²) in [4.78, 5) is 12.7. The van der Waals surface area contributed by atoms with Crippen molar-refractivity contribution in [2.45, 2.75) is 130 Å². The standard InChI is InChI=1S/C30H56N2O5Si/c1-27(2,3)37-26(34)31-18-22-23-11-12-25(32-35)30(23,8)16-14-24(22)29(7)15-13-21(33)17-20(29)19-36-38(9,10)28(4,5)6/h20-24,33,35H,11-19H2,1-10H3,(H,31,34)/b32-25+/t20-,21+,22+,23+,24+,29+,30+/m1/s1. The van der Waals surface area contributed by atoms with Gasteiger partial charge < -0.3 is 24.8 Å². The fourth-order valence-electron chi connectivity index (χ4n) is 7.53. The molecule has 3 rings (SSSR count). The molecule has 0 spiro atoms. The molecule has 3 aliphatic carbocycles. The Hall–Kier alpha value is -1.12. The Morgan fingerprint density at radius 3 is 2.32 bits per heavy atom. The number of carbonyl (C=O) groups excluding carboxylic acids is 1. The van der Waals surface area contributed by atoms with E-state index in [0.29, 0.717) is 25.0 Å². The molecule has 0 saturated heterocycles. The van der Waals surface area contributed by atoms with Gasteiger partial charge in [0.15, 0.2) is 8.32 Å². The Morgan fingerprint density at radius 1 is 1.08 bits per heavy atom. The molecule has 8 heteroatoms. The third-order valence-corrected chi connectivity index (χ3v) is 15.5. The minimum atomic E-state index is -1.94. The van der Waals surface area contributed by atoms with Crippen LogP contribution in [0.2, 0.25) is 18.1 Å². The lowest BCUT2D eigenvalue weighted by atomic mass is 9.49. The van der Waals surface area contributed by atoms with Crippen molar-refractivity contribution >= 4 is 20.1 Å². The summed E-state index contributed by atoms with van der Waals surface area (Å²) in [6.07, 6.45) is 5.63. The molecule has 0 bridgehead atoms. The number of carbonyl (C=O) groups is 1. The predicted molar refractivity (Wildman–Crippen MR) is 155 cm³/mol. The van der Waals surface area contributed by atoms with Crippen LogP contribution in [0.3, 0.4) is 0 Å². The number of fused-ring (bicyclic) bond motifs is 1. The van der Waals surface area contributed by atoms with Crippen molar-refractivity contribution < 1.29 is 24.3 Å². The highest BCUT2D eigenvalue weighted by Crippen LogP contribution is 2.61. The number of aliphatic hydroxyl groups excluding tert-OH is 1. The first-order valence-electron chi connectivity index (χ1n) is 14.8. The van der Waals surface area contributed by atoms with Crippen molar-refractivity contribution in [3.8, 4) is 0 Å². The monoisotopic (exact) mass is 552 g/mol. The van der Waals surface area contributed by atoms with Crippen LogP contribution in [0.25, 0.3) is 0 Å². The molecule has 3 aliphatic rings. The summed E-state index contributed by atoms with van der Waals surface area (Å²) in [5.74, 6) is 1.18. The number of nitrogens with zero attached hydrogens (tertiary/aromatic N) is 1. The van der Waals surface area contributed by atoms with Crippen molar-refractivity contribution in [1.82, 2.24) is 5.32 Å². The first-order chi connectivity index (χ1) is 17.3. The summed E-state index contributed by atoms with van der Waals surface area (Å²) >= 11 is 0. The molecule has 3 N–H and O–H groups in total. The van der Waals surface area contributed by atoms with Crippen LogP contribution in [0.1, 0.15) is 100 Å². The van der Waals surface area contributed by atoms with Gasteiger partial charge in [-0.05, 0) is 113 Å². The van der Waals surface area contributed by atoms with E-state index >= 15 is 0 Å². The average molecular weight is 553 g/mol. The zero-order valence-corrected chi connectivity index (χ0v) is 26.8. The van der Waals surface area contributed by atoms with Crippen LogP contribution in [-0.4, -0.2) is 55.3 Å². The van der Waals surface area contributed by atoms with Crippen molar-refractivity contribution in [3.05, 3.63) is 0 Å². The first-order valence-corrected chi connectivity index (χ1v) is 17.7. The second-order valence-electron chi connectivity index (χ2n) is 15.5. The summed E-state index contributed by atoms with van der Waals surface area (Å²) in [6, 6.07) is 0. The topological polar surface area (TPSA) is 100 Å². The average Bonchev–Trinajstić information content (AvgIpc) is 3.12. The van der Waals surface area contributed by atoms with E-state index in [9.17, 15) is 15.1 Å². The fourth-order valence-corrected chi connectivity index (χ4v) is 8.58. The van der Waals surface area contributed by atoms with E-state index in [2.05, 4.69) is 58.2 Å². The summed E-state index contributed by atoms with van der Waals surface area (Å²) in [5, 5.41) is 27.5. The Bertz CT molecular complexity index is 879. The van der Waals surface area contributed by atoms with E-state index in [1.807, 2.05) is 20.8 Å². The van der Waals surface area contributed by atoms with Gasteiger partial charge in [-0.2, -0.15) is 0 Å². The van der Waals surface area contributed by atoms with E-state index in [1.54, 1.807) is 0 Å². The predicted octanol–water partition coefficient (Wildman–Crippen LogP) is 6.97. The lowest BCUT2D eigenvalue weighted by molar-refractivity contribution is -0.0894. The zero-order chi connectivity index (χ0) is 28.7. The smallest absolute Gasteiger partial charge is 0.407 e. The highest BCUT2D eigenvalue weighted by molar-refractivity contribution is 6.74. The van der Waals surface area contributed by atoms with Crippen LogP contribution in [-0.2, 0) is 9.16 Å². The normalized spacial score (nSPS) is 37.7. The second kappa shape index (κ2) is 11.0. The Labute approximate surface area is 232 Å². The number of oxime groups is 1. The molecule has 7 nitrogen and oxygen atoms in total. The second-order valence-corrected chi connectivity index (χ2v) is 20.3. The van der Waals surface area contributed by atoms with Gasteiger partial charge in [-0.1, -0.05) is 39.8 Å². The largest absolute Gasteiger partial charge is 0.444 e. The molecule has 0 unspecified atom stereocenters. The molecular weight excluding hydrogens is 496 g/mol. The van der Waals surface area contributed by atoms with Gasteiger partial charge in [-0.25, -0.2) is 4.79 Å². The van der Waals surface area contributed by atoms with Crippen LogP contribution in [0.4, 0.5) is 4.79 Å². The summed E-state index contributed by atoms with van der Waals surface area (Å²) in [5.41, 5.74) is 0.197. The molecule has 220 valence electrons. The third-order valence-electron chi connectivity index (χ3n) is 11.0. The van der Waals surface area contributed by atoms with Gasteiger partial charge in [0.05, 0.1) is 11.8 Å². The molecule has 0 radical (unpaired) electrons. The molecule has 0 aromatic carbocycles. The quantitative estimate of drug-likeness (QED) is 0.188. The van der Waals surface area contributed by atoms with Gasteiger partial charge in [-0.3, -0.25) is 0 Å². The van der Waals surface area contributed by atoms with Crippen LogP contribution < -0.4 is 5.32 Å². The molecule has 0 heterocycles. The van der Waals surface area contributed by atoms with Crippen LogP contribution >= 0.6 is 0 Å². The maximum atomic E-state index is 12.7. The van der Waals surface area contributed by atoms with Gasteiger partial charge in [0.25, 0.3) is 0 Å². The van der Waals surface area contributed by atoms with E-state index in [-0.39, 0.29) is 39.9 Å². The Kier molecular flexibility index (Phi) is 9.12. The molecule has 0 aliphatic heterocycles. The van der Waals surface area contributed by atoms with Gasteiger partial charge >= 0.3 is 6.09 Å². The number of hydrogen-bond donors (Lipinski definition) is 3. The molecule has 38 heavy (non-hydrogen) atoms. The highest BCUT2D eigenvalue weighted by atomic mass is 28.4. The number of amides is 1. The SMILES string of the molecule is CC(C)(C)OC(=O)NC[C@@H]1[C@@H]([C@@]2(C)CC[C@H](O)C[C@@H]2CO[Si](C)(C)C(C)(C)C)CC[C@]2(C)/C(=N/O)CC[C@@H]12. The number of aliphatic hydroxyl groups is 1. The highest BCUT2D eigenvalue weighted by Gasteiger charge is 2.58. The third kappa shape index (κ3) is 6.43. The maximum absolute atomic E-state index is 12.7. The molecule has 7 atom stereocenters. The first kappa shape index (κ1) is 31.4. The molecule has 1 amide bonds. The van der Waals surface area contributed by atoms with Gasteiger partial charge in [-0.15, -0.1) is 0 Å². The van der Waals surface area contributed by atoms with Gasteiger partial charge in [0, 0.05) is 18.6 Å². The van der Waals surface area contributed by atoms with Crippen molar-refractivity contribution in [3.63, 3.8) is 0 Å². The van der Waals surface area contributed by atoms with Crippen molar-refractivity contribution in [1.29, 1.82) is 0 Å². The van der Waals surface area contributed by atoms with Crippen molar-refractivity contribution in [2.24, 2.45) is 39.7 Å². The Morgan fingerprint density at radius 2 is 1.74 bits per heavy atom. The van der Waals surface area contributed by atoms with Crippen LogP contribution in [0.15, 0.2) is 5.16 Å². The molecular formula is C30H56N2O5Si. The number of rotatable bonds is 6. The van der Waals surface area contributed by atoms with Gasteiger partial charge in [0.2, 0.25) is 0 Å². The van der Waals surface area contributed by atoms with E-state index in [1.165, 1.54) is 0 Å². The fraction of sp³-hybridized carbons (Fsp3) is 0.933. The summed E-state index contributed by atoms with van der Waals surface area (Å²) < 4.78 is 12.4. The molecule has 3 saturated carbocycles. The lowest BCUT2D eigenvalue weighted by Gasteiger charge is -2.57. The number of nitrogens with one attached hydrogen (secondary N) is 1. The zero-order valence-electron chi connectivity index (χ0n) is 25.8. The van der Waals surface area contributed by atoms with Crippen molar-refractivity contribution in [2.75, 3.05) is 13.2 Å².